The molecule has 0 aliphatic rings. The van der Waals surface area contributed by atoms with Crippen LogP contribution < -0.4 is 0 Å². The molecule has 1 unspecified atom stereocenters. The van der Waals surface area contributed by atoms with E-state index in [4.69, 9.17) is 5.11 Å². The summed E-state index contributed by atoms with van der Waals surface area (Å²) in [6, 6.07) is 5.10. The summed E-state index contributed by atoms with van der Waals surface area (Å²) in [5.74, 6) is 0.114. The van der Waals surface area contributed by atoms with Crippen molar-refractivity contribution in [2.45, 2.75) is 19.4 Å². The monoisotopic (exact) mass is 265 g/mol. The molecule has 0 saturated carbocycles. The van der Waals surface area contributed by atoms with Gasteiger partial charge in [-0.25, -0.2) is 9.48 Å². The molecule has 0 amide bonds. The van der Waals surface area contributed by atoms with E-state index in [9.17, 15) is 4.79 Å². The smallest absolute Gasteiger partial charge is 0.335 e. The second-order valence-electron chi connectivity index (χ2n) is 4.17. The zero-order chi connectivity index (χ0) is 13.1. The fourth-order valence-corrected chi connectivity index (χ4v) is 2.38. The van der Waals surface area contributed by atoms with Crippen LogP contribution in [0.3, 0.4) is 0 Å². The highest BCUT2D eigenvalue weighted by atomic mass is 32.2. The molecule has 1 aromatic heterocycles. The van der Waals surface area contributed by atoms with E-state index in [2.05, 4.69) is 23.5 Å². The van der Waals surface area contributed by atoms with Gasteiger partial charge < -0.3 is 5.11 Å². The summed E-state index contributed by atoms with van der Waals surface area (Å²) in [7, 11) is 0. The van der Waals surface area contributed by atoms with Crippen LogP contribution in [0.4, 0.5) is 0 Å². The Labute approximate surface area is 109 Å². The van der Waals surface area contributed by atoms with Crippen LogP contribution in [-0.2, 0) is 0 Å². The topological polar surface area (TPSA) is 68.0 Å². The molecule has 0 fully saturated rings. The van der Waals surface area contributed by atoms with Crippen molar-refractivity contribution in [2.75, 3.05) is 12.0 Å². The summed E-state index contributed by atoms with van der Waals surface area (Å²) in [4.78, 5) is 11.0. The van der Waals surface area contributed by atoms with Crippen LogP contribution in [0.1, 0.15) is 29.7 Å². The third-order valence-electron chi connectivity index (χ3n) is 2.88. The number of benzene rings is 1. The molecule has 0 saturated heterocycles. The highest BCUT2D eigenvalue weighted by Crippen LogP contribution is 2.20. The van der Waals surface area contributed by atoms with Gasteiger partial charge in [0, 0.05) is 0 Å². The number of hydrogen-bond acceptors (Lipinski definition) is 4. The van der Waals surface area contributed by atoms with Gasteiger partial charge in [-0.15, -0.1) is 5.10 Å². The van der Waals surface area contributed by atoms with Crippen LogP contribution in [-0.4, -0.2) is 38.1 Å². The summed E-state index contributed by atoms with van der Waals surface area (Å²) < 4.78 is 1.80. The minimum Gasteiger partial charge on any atom is -0.478 e. The first kappa shape index (κ1) is 12.9. The maximum atomic E-state index is 11.0. The predicted molar refractivity (Wildman–Crippen MR) is 72.2 cm³/mol. The third-order valence-corrected chi connectivity index (χ3v) is 3.52. The average Bonchev–Trinajstić information content (AvgIpc) is 2.78. The van der Waals surface area contributed by atoms with Crippen molar-refractivity contribution in [1.82, 2.24) is 15.0 Å². The largest absolute Gasteiger partial charge is 0.478 e. The number of carboxylic acids is 1. The summed E-state index contributed by atoms with van der Waals surface area (Å²) in [5.41, 5.74) is 1.78. The Morgan fingerprint density at radius 2 is 2.33 bits per heavy atom. The maximum Gasteiger partial charge on any atom is 0.335 e. The molecule has 5 nitrogen and oxygen atoms in total. The number of aromatic carboxylic acids is 1. The zero-order valence-electron chi connectivity index (χ0n) is 10.3. The molecule has 0 bridgehead atoms. The van der Waals surface area contributed by atoms with Crippen molar-refractivity contribution < 1.29 is 9.90 Å². The Morgan fingerprint density at radius 3 is 3.00 bits per heavy atom. The van der Waals surface area contributed by atoms with E-state index < -0.39 is 5.97 Å². The summed E-state index contributed by atoms with van der Waals surface area (Å²) in [5, 5.41) is 17.2. The van der Waals surface area contributed by atoms with Gasteiger partial charge in [-0.2, -0.15) is 11.8 Å². The van der Waals surface area contributed by atoms with Crippen molar-refractivity contribution in [3.8, 4) is 0 Å². The van der Waals surface area contributed by atoms with E-state index >= 15 is 0 Å². The number of rotatable bonds is 5. The highest BCUT2D eigenvalue weighted by Gasteiger charge is 2.13. The third kappa shape index (κ3) is 2.48. The van der Waals surface area contributed by atoms with E-state index in [1.54, 1.807) is 34.6 Å². The number of thioether (sulfide) groups is 1. The van der Waals surface area contributed by atoms with Crippen LogP contribution in [0.5, 0.6) is 0 Å². The van der Waals surface area contributed by atoms with Gasteiger partial charge in [0.25, 0.3) is 0 Å². The molecule has 0 spiro atoms. The van der Waals surface area contributed by atoms with Crippen LogP contribution in [0.25, 0.3) is 11.0 Å². The van der Waals surface area contributed by atoms with Crippen molar-refractivity contribution in [3.63, 3.8) is 0 Å². The van der Waals surface area contributed by atoms with Gasteiger partial charge in [-0.1, -0.05) is 5.21 Å². The molecule has 2 rings (SSSR count). The molecule has 1 heterocycles. The highest BCUT2D eigenvalue weighted by molar-refractivity contribution is 7.98. The Bertz CT molecular complexity index is 567. The first-order chi connectivity index (χ1) is 8.63. The number of carbonyl (C=O) groups is 1. The lowest BCUT2D eigenvalue weighted by Crippen LogP contribution is -2.08. The van der Waals surface area contributed by atoms with E-state index in [0.717, 1.165) is 23.2 Å². The van der Waals surface area contributed by atoms with E-state index in [0.29, 0.717) is 0 Å². The maximum absolute atomic E-state index is 11.0. The van der Waals surface area contributed by atoms with Gasteiger partial charge >= 0.3 is 5.97 Å². The summed E-state index contributed by atoms with van der Waals surface area (Å²) in [6.45, 7) is 2.07. The van der Waals surface area contributed by atoms with Gasteiger partial charge in [0.1, 0.15) is 5.52 Å². The van der Waals surface area contributed by atoms with Crippen LogP contribution in [0.15, 0.2) is 18.2 Å². The van der Waals surface area contributed by atoms with Crippen molar-refractivity contribution in [2.24, 2.45) is 0 Å². The van der Waals surface area contributed by atoms with Crippen molar-refractivity contribution in [1.29, 1.82) is 0 Å². The minimum atomic E-state index is -0.929. The SMILES string of the molecule is CSCCC(C)n1nnc2ccc(C(=O)O)cc21. The molecule has 0 aliphatic carbocycles. The van der Waals surface area contributed by atoms with Crippen molar-refractivity contribution >= 4 is 28.8 Å². The lowest BCUT2D eigenvalue weighted by Gasteiger charge is -2.11. The fourth-order valence-electron chi connectivity index (χ4n) is 1.81. The van der Waals surface area contributed by atoms with E-state index in [-0.39, 0.29) is 11.6 Å². The lowest BCUT2D eigenvalue weighted by molar-refractivity contribution is 0.0697. The van der Waals surface area contributed by atoms with Gasteiger partial charge in [-0.3, -0.25) is 0 Å². The fraction of sp³-hybridized carbons (Fsp3) is 0.417. The minimum absolute atomic E-state index is 0.214. The standard InChI is InChI=1S/C12H15N3O2S/c1-8(5-6-18-2)15-11-7-9(12(16)17)3-4-10(11)13-14-15/h3-4,7-8H,5-6H2,1-2H3,(H,16,17). The van der Waals surface area contributed by atoms with Gasteiger partial charge in [0.05, 0.1) is 17.1 Å². The Morgan fingerprint density at radius 1 is 1.56 bits per heavy atom. The van der Waals surface area contributed by atoms with Gasteiger partial charge in [0.15, 0.2) is 0 Å². The second kappa shape index (κ2) is 5.39. The first-order valence-electron chi connectivity index (χ1n) is 5.70. The number of hydrogen-bond donors (Lipinski definition) is 1. The number of fused-ring (bicyclic) bond motifs is 1. The molecular weight excluding hydrogens is 250 g/mol. The first-order valence-corrected chi connectivity index (χ1v) is 7.10. The number of aromatic nitrogens is 3. The Kier molecular flexibility index (Phi) is 3.86. The molecule has 6 heteroatoms. The second-order valence-corrected chi connectivity index (χ2v) is 5.16. The normalized spacial score (nSPS) is 12.8. The molecule has 1 aromatic carbocycles. The molecule has 1 N–H and O–H groups in total. The summed E-state index contributed by atoms with van der Waals surface area (Å²) in [6.07, 6.45) is 3.05. The Balaban J connectivity index is 2.38. The average molecular weight is 265 g/mol. The molecule has 2 aromatic rings. The lowest BCUT2D eigenvalue weighted by atomic mass is 10.2. The molecule has 1 atom stereocenters. The van der Waals surface area contributed by atoms with Gasteiger partial charge in [-0.05, 0) is 43.6 Å². The molecule has 96 valence electrons. The van der Waals surface area contributed by atoms with Crippen LogP contribution in [0, 0.1) is 0 Å². The predicted octanol–water partition coefficient (Wildman–Crippen LogP) is 2.44. The van der Waals surface area contributed by atoms with Crippen molar-refractivity contribution in [3.05, 3.63) is 23.8 Å². The quantitative estimate of drug-likeness (QED) is 0.899. The van der Waals surface area contributed by atoms with E-state index in [1.165, 1.54) is 0 Å². The number of nitrogens with zero attached hydrogens (tertiary/aromatic N) is 3. The summed E-state index contributed by atoms with van der Waals surface area (Å²) >= 11 is 1.79. The molecular formula is C12H15N3O2S. The molecule has 18 heavy (non-hydrogen) atoms. The van der Waals surface area contributed by atoms with Crippen LogP contribution in [0.2, 0.25) is 0 Å². The van der Waals surface area contributed by atoms with Crippen LogP contribution >= 0.6 is 11.8 Å². The number of carboxylic acid groups (broad SMARTS) is 1. The van der Waals surface area contributed by atoms with E-state index in [1.807, 2.05) is 0 Å². The molecule has 0 radical (unpaired) electrons. The Hall–Kier alpha value is -1.56. The van der Waals surface area contributed by atoms with Gasteiger partial charge in [0.2, 0.25) is 0 Å². The zero-order valence-corrected chi connectivity index (χ0v) is 11.1. The molecule has 0 aliphatic heterocycles.